The van der Waals surface area contributed by atoms with Crippen LogP contribution in [-0.4, -0.2) is 29.3 Å². The van der Waals surface area contributed by atoms with Crippen LogP contribution in [0.15, 0.2) is 72.8 Å². The largest absolute Gasteiger partial charge is 0.417 e. The van der Waals surface area contributed by atoms with Crippen LogP contribution >= 0.6 is 0 Å². The molecule has 2 aromatic carbocycles. The molecule has 0 heterocycles. The van der Waals surface area contributed by atoms with Gasteiger partial charge < -0.3 is 8.85 Å². The van der Waals surface area contributed by atoms with Crippen molar-refractivity contribution in [1.29, 1.82) is 5.26 Å². The van der Waals surface area contributed by atoms with Crippen LogP contribution in [0, 0.1) is 11.3 Å². The van der Waals surface area contributed by atoms with Gasteiger partial charge in [-0.1, -0.05) is 102 Å². The topological polar surface area (TPSA) is 42.2 Å². The molecule has 0 aromatic heterocycles. The Morgan fingerprint density at radius 2 is 1.33 bits per heavy atom. The van der Waals surface area contributed by atoms with Gasteiger partial charge in [0.25, 0.3) is 8.32 Å². The van der Waals surface area contributed by atoms with Crippen molar-refractivity contribution in [2.75, 3.05) is 6.61 Å². The van der Waals surface area contributed by atoms with E-state index in [0.717, 1.165) is 6.42 Å². The Kier molecular flexibility index (Phi) is 9.06. The third-order valence-corrected chi connectivity index (χ3v) is 16.4. The van der Waals surface area contributed by atoms with E-state index in [1.54, 1.807) is 6.08 Å². The molecule has 0 aliphatic heterocycles. The van der Waals surface area contributed by atoms with E-state index < -0.39 is 16.6 Å². The Balaban J connectivity index is 2.49. The standard InChI is InChI=1S/C28H41NO2Si2/c1-27(2,3)32(7,8)30-23-21-24(16-15-22-29)31-33(28(4,5)6,25-17-11-9-12-18-25)26-19-13-10-14-20-26/h9-20,24H,21,23H2,1-8H3/b16-15+/t24-/m0/s1. The normalized spacial score (nSPS) is 14.3. The average molecular weight is 480 g/mol. The minimum Gasteiger partial charge on any atom is -0.417 e. The summed E-state index contributed by atoms with van der Waals surface area (Å²) >= 11 is 0. The number of hydrogen-bond acceptors (Lipinski definition) is 3. The molecular formula is C28H41NO2Si2. The molecule has 33 heavy (non-hydrogen) atoms. The van der Waals surface area contributed by atoms with Crippen molar-refractivity contribution in [1.82, 2.24) is 0 Å². The first-order valence-corrected chi connectivity index (χ1v) is 16.7. The molecule has 0 spiro atoms. The lowest BCUT2D eigenvalue weighted by Crippen LogP contribution is -2.67. The third-order valence-electron chi connectivity index (χ3n) is 6.80. The SMILES string of the molecule is CC(C)(C)[Si](C)(C)OCC[C@H](/C=C/C#N)O[Si](c1ccccc1)(c1ccccc1)C(C)(C)C. The molecule has 0 aliphatic rings. The zero-order chi connectivity index (χ0) is 24.8. The number of rotatable bonds is 9. The highest BCUT2D eigenvalue weighted by Gasteiger charge is 2.51. The lowest BCUT2D eigenvalue weighted by Gasteiger charge is -2.45. The van der Waals surface area contributed by atoms with Gasteiger partial charge in [-0.05, 0) is 46.0 Å². The Bertz CT molecular complexity index is 896. The molecule has 0 unspecified atom stereocenters. The van der Waals surface area contributed by atoms with Gasteiger partial charge in [0.15, 0.2) is 8.32 Å². The van der Waals surface area contributed by atoms with E-state index >= 15 is 0 Å². The summed E-state index contributed by atoms with van der Waals surface area (Å²) in [5.74, 6) is 0. The molecule has 0 radical (unpaired) electrons. The van der Waals surface area contributed by atoms with Crippen molar-refractivity contribution < 1.29 is 8.85 Å². The molecule has 0 bridgehead atoms. The predicted octanol–water partition coefficient (Wildman–Crippen LogP) is 6.42. The van der Waals surface area contributed by atoms with Crippen molar-refractivity contribution in [2.45, 2.75) is 77.2 Å². The fourth-order valence-corrected chi connectivity index (χ4v) is 9.64. The van der Waals surface area contributed by atoms with Crippen LogP contribution in [-0.2, 0) is 8.85 Å². The first-order valence-electron chi connectivity index (χ1n) is 11.8. The molecule has 0 saturated carbocycles. The van der Waals surface area contributed by atoms with Crippen LogP contribution in [0.1, 0.15) is 48.0 Å². The zero-order valence-electron chi connectivity index (χ0n) is 21.7. The van der Waals surface area contributed by atoms with Crippen molar-refractivity contribution in [3.8, 4) is 6.07 Å². The van der Waals surface area contributed by atoms with Crippen LogP contribution in [0.5, 0.6) is 0 Å². The molecule has 0 aliphatic carbocycles. The van der Waals surface area contributed by atoms with Gasteiger partial charge in [0.2, 0.25) is 0 Å². The first kappa shape index (κ1) is 27.3. The molecule has 0 N–H and O–H groups in total. The van der Waals surface area contributed by atoms with Gasteiger partial charge in [-0.15, -0.1) is 0 Å². The van der Waals surface area contributed by atoms with Crippen LogP contribution in [0.25, 0.3) is 0 Å². The Hall–Kier alpha value is -1.98. The number of nitriles is 1. The summed E-state index contributed by atoms with van der Waals surface area (Å²) in [7, 11) is -4.56. The van der Waals surface area contributed by atoms with E-state index in [0.29, 0.717) is 6.61 Å². The van der Waals surface area contributed by atoms with Crippen molar-refractivity contribution in [3.05, 3.63) is 72.8 Å². The molecular weight excluding hydrogens is 438 g/mol. The second-order valence-electron chi connectivity index (χ2n) is 11.2. The van der Waals surface area contributed by atoms with Crippen LogP contribution < -0.4 is 10.4 Å². The molecule has 1 atom stereocenters. The summed E-state index contributed by atoms with van der Waals surface area (Å²) in [5, 5.41) is 11.8. The fourth-order valence-electron chi connectivity index (χ4n) is 3.91. The zero-order valence-corrected chi connectivity index (χ0v) is 23.7. The monoisotopic (exact) mass is 479 g/mol. The van der Waals surface area contributed by atoms with E-state index in [9.17, 15) is 5.26 Å². The van der Waals surface area contributed by atoms with Gasteiger partial charge in [-0.2, -0.15) is 5.26 Å². The van der Waals surface area contributed by atoms with Gasteiger partial charge in [0.05, 0.1) is 12.2 Å². The van der Waals surface area contributed by atoms with Crippen LogP contribution in [0.4, 0.5) is 0 Å². The van der Waals surface area contributed by atoms with Gasteiger partial charge in [-0.25, -0.2) is 0 Å². The highest BCUT2D eigenvalue weighted by atomic mass is 28.4. The maximum absolute atomic E-state index is 9.26. The van der Waals surface area contributed by atoms with Crippen LogP contribution in [0.3, 0.4) is 0 Å². The van der Waals surface area contributed by atoms with E-state index in [1.165, 1.54) is 10.4 Å². The number of nitrogens with zero attached hydrogens (tertiary/aromatic N) is 1. The summed E-state index contributed by atoms with van der Waals surface area (Å²) in [4.78, 5) is 0. The minimum absolute atomic E-state index is 0.116. The summed E-state index contributed by atoms with van der Waals surface area (Å²) in [5.41, 5.74) is 0. The molecule has 0 saturated heterocycles. The quantitative estimate of drug-likeness (QED) is 0.308. The number of hydrogen-bond donors (Lipinski definition) is 0. The molecule has 5 heteroatoms. The number of allylic oxidation sites excluding steroid dienone is 1. The second-order valence-corrected chi connectivity index (χ2v) is 20.3. The Morgan fingerprint density at radius 3 is 1.73 bits per heavy atom. The molecule has 0 amide bonds. The third kappa shape index (κ3) is 6.54. The van der Waals surface area contributed by atoms with Gasteiger partial charge in [0.1, 0.15) is 0 Å². The first-order chi connectivity index (χ1) is 15.3. The second kappa shape index (κ2) is 11.0. The summed E-state index contributed by atoms with van der Waals surface area (Å²) < 4.78 is 13.7. The maximum atomic E-state index is 9.26. The molecule has 178 valence electrons. The van der Waals surface area contributed by atoms with E-state index in [4.69, 9.17) is 8.85 Å². The lowest BCUT2D eigenvalue weighted by atomic mass is 10.2. The van der Waals surface area contributed by atoms with Crippen molar-refractivity contribution in [2.24, 2.45) is 0 Å². The molecule has 0 fully saturated rings. The molecule has 2 aromatic rings. The van der Waals surface area contributed by atoms with Gasteiger partial charge >= 0.3 is 0 Å². The Morgan fingerprint density at radius 1 is 0.848 bits per heavy atom. The average Bonchev–Trinajstić information content (AvgIpc) is 2.74. The van der Waals surface area contributed by atoms with E-state index in [1.807, 2.05) is 6.08 Å². The Labute approximate surface area is 203 Å². The van der Waals surface area contributed by atoms with Crippen molar-refractivity contribution in [3.63, 3.8) is 0 Å². The van der Waals surface area contributed by atoms with Crippen LogP contribution in [0.2, 0.25) is 23.2 Å². The van der Waals surface area contributed by atoms with E-state index in [2.05, 4.69) is 121 Å². The lowest BCUT2D eigenvalue weighted by molar-refractivity contribution is 0.181. The van der Waals surface area contributed by atoms with Gasteiger partial charge in [0, 0.05) is 12.7 Å². The highest BCUT2D eigenvalue weighted by molar-refractivity contribution is 6.99. The molecule has 3 nitrogen and oxygen atoms in total. The van der Waals surface area contributed by atoms with E-state index in [-0.39, 0.29) is 16.2 Å². The maximum Gasteiger partial charge on any atom is 0.261 e. The number of benzene rings is 2. The summed E-state index contributed by atoms with van der Waals surface area (Å²) in [6.07, 6.45) is 3.97. The summed E-state index contributed by atoms with van der Waals surface area (Å²) in [6.45, 7) is 18.8. The fraction of sp³-hybridized carbons (Fsp3) is 0.464. The summed E-state index contributed by atoms with van der Waals surface area (Å²) in [6, 6.07) is 23.4. The van der Waals surface area contributed by atoms with Gasteiger partial charge in [-0.3, -0.25) is 0 Å². The highest BCUT2D eigenvalue weighted by Crippen LogP contribution is 2.39. The van der Waals surface area contributed by atoms with Crippen molar-refractivity contribution >= 4 is 27.0 Å². The minimum atomic E-state index is -2.70. The smallest absolute Gasteiger partial charge is 0.261 e. The molecule has 2 rings (SSSR count). The predicted molar refractivity (Wildman–Crippen MR) is 145 cm³/mol.